The number of fused-ring (bicyclic) bond motifs is 5. The zero-order valence-corrected chi connectivity index (χ0v) is 27.8. The maximum atomic E-state index is 14.6. The van der Waals surface area contributed by atoms with Gasteiger partial charge in [0.2, 0.25) is 0 Å². The molecule has 3 saturated carbocycles. The molecule has 0 amide bonds. The van der Waals surface area contributed by atoms with E-state index in [9.17, 15) is 25.2 Å². The minimum absolute atomic E-state index is 0.0107. The van der Waals surface area contributed by atoms with Crippen LogP contribution in [0.3, 0.4) is 0 Å². The molecule has 0 aromatic carbocycles. The van der Waals surface area contributed by atoms with Crippen LogP contribution in [0, 0.1) is 45.3 Å². The molecule has 7 heteroatoms. The standard InChI is InChI=1S/C36H58O7/c1-21(2)11-9-16-36(8,43-31-30(41)29(40)28(39)24(20-37)42-31)22-12-17-35(7)27(22)23(38)19-26-33(5)15-10-14-32(3,4)25(33)13-18-34(26,35)6/h10-11,14,22,24-31,37,39-41H,9,12-13,15-20H2,1-8H3/t22?,24?,25?,26?,27?,28-,29?,30?,31+,33+,34-,35-,36?/m1/s1. The number of aliphatic hydroxyl groups is 4. The lowest BCUT2D eigenvalue weighted by Gasteiger charge is -2.68. The summed E-state index contributed by atoms with van der Waals surface area (Å²) in [5.41, 5.74) is 0.384. The fourth-order valence-electron chi connectivity index (χ4n) is 11.1. The van der Waals surface area contributed by atoms with E-state index in [0.29, 0.717) is 30.5 Å². The van der Waals surface area contributed by atoms with Gasteiger partial charge >= 0.3 is 0 Å². The van der Waals surface area contributed by atoms with Crippen LogP contribution in [0.5, 0.6) is 0 Å². The number of carbonyl (C=O) groups is 1. The largest absolute Gasteiger partial charge is 0.394 e. The molecule has 0 spiro atoms. The SMILES string of the molecule is CC(C)=CCCC(C)(O[C@@H]1OC(CO)[C@@H](O)C(O)C1O)C1CC[C@]2(C)C1C(=O)CC1[C@@]3(C)CC=CC(C)(C)C3CC[C@]12C. The Bertz CT molecular complexity index is 1120. The third-order valence-electron chi connectivity index (χ3n) is 13.6. The summed E-state index contributed by atoms with van der Waals surface area (Å²) in [5.74, 6) is 0.944. The van der Waals surface area contributed by atoms with Crippen molar-refractivity contribution in [3.8, 4) is 0 Å². The molecule has 13 atom stereocenters. The summed E-state index contributed by atoms with van der Waals surface area (Å²) in [4.78, 5) is 14.6. The molecule has 8 unspecified atom stereocenters. The first kappa shape index (κ1) is 33.3. The second-order valence-electron chi connectivity index (χ2n) is 16.7. The number of carbonyl (C=O) groups excluding carboxylic acids is 1. The molecule has 5 rings (SSSR count). The maximum Gasteiger partial charge on any atom is 0.187 e. The summed E-state index contributed by atoms with van der Waals surface area (Å²) in [6.45, 7) is 17.7. The Morgan fingerprint density at radius 3 is 2.35 bits per heavy atom. The summed E-state index contributed by atoms with van der Waals surface area (Å²) >= 11 is 0. The molecule has 0 aromatic rings. The molecule has 5 aliphatic rings. The molecule has 4 aliphatic carbocycles. The minimum atomic E-state index is -1.51. The first-order valence-electron chi connectivity index (χ1n) is 16.8. The van der Waals surface area contributed by atoms with Crippen molar-refractivity contribution in [2.45, 2.75) is 143 Å². The van der Waals surface area contributed by atoms with Crippen LogP contribution in [0.25, 0.3) is 0 Å². The lowest BCUT2D eigenvalue weighted by Crippen LogP contribution is -2.65. The Labute approximate surface area is 259 Å². The number of hydrogen-bond acceptors (Lipinski definition) is 7. The molecular formula is C36H58O7. The van der Waals surface area contributed by atoms with Crippen molar-refractivity contribution >= 4 is 5.78 Å². The molecule has 4 N–H and O–H groups in total. The first-order valence-corrected chi connectivity index (χ1v) is 16.8. The van der Waals surface area contributed by atoms with Gasteiger partial charge in [-0.3, -0.25) is 4.79 Å². The van der Waals surface area contributed by atoms with E-state index in [1.54, 1.807) is 0 Å². The molecular weight excluding hydrogens is 544 g/mol. The van der Waals surface area contributed by atoms with E-state index in [1.807, 2.05) is 6.92 Å². The number of hydrogen-bond donors (Lipinski definition) is 4. The van der Waals surface area contributed by atoms with Crippen LogP contribution in [0.15, 0.2) is 23.8 Å². The Hall–Kier alpha value is -1.09. The van der Waals surface area contributed by atoms with E-state index in [2.05, 4.69) is 66.7 Å². The molecule has 0 radical (unpaired) electrons. The van der Waals surface area contributed by atoms with Crippen LogP contribution in [0.1, 0.15) is 107 Å². The number of ketones is 1. The summed E-state index contributed by atoms with van der Waals surface area (Å²) in [5, 5.41) is 41.6. The second kappa shape index (κ2) is 11.3. The van der Waals surface area contributed by atoms with Crippen molar-refractivity contribution in [2.75, 3.05) is 6.61 Å². The minimum Gasteiger partial charge on any atom is -0.394 e. The van der Waals surface area contributed by atoms with Gasteiger partial charge in [0.25, 0.3) is 0 Å². The van der Waals surface area contributed by atoms with Crippen molar-refractivity contribution in [3.63, 3.8) is 0 Å². The molecule has 1 aliphatic heterocycles. The van der Waals surface area contributed by atoms with E-state index >= 15 is 0 Å². The normalized spacial score (nSPS) is 48.6. The molecule has 4 fully saturated rings. The lowest BCUT2D eigenvalue weighted by atomic mass is 9.36. The van der Waals surface area contributed by atoms with Gasteiger partial charge in [-0.15, -0.1) is 0 Å². The fraction of sp³-hybridized carbons (Fsp3) is 0.861. The van der Waals surface area contributed by atoms with Crippen molar-refractivity contribution < 1.29 is 34.7 Å². The fourth-order valence-corrected chi connectivity index (χ4v) is 11.1. The van der Waals surface area contributed by atoms with Gasteiger partial charge in [0, 0.05) is 12.3 Å². The van der Waals surface area contributed by atoms with Gasteiger partial charge < -0.3 is 29.9 Å². The van der Waals surface area contributed by atoms with Crippen LogP contribution < -0.4 is 0 Å². The van der Waals surface area contributed by atoms with E-state index in [-0.39, 0.29) is 33.5 Å². The van der Waals surface area contributed by atoms with E-state index in [0.717, 1.165) is 32.1 Å². The monoisotopic (exact) mass is 602 g/mol. The van der Waals surface area contributed by atoms with E-state index in [1.165, 1.54) is 12.0 Å². The average Bonchev–Trinajstić information content (AvgIpc) is 3.30. The van der Waals surface area contributed by atoms with Gasteiger partial charge in [0.05, 0.1) is 12.2 Å². The number of rotatable bonds is 7. The Morgan fingerprint density at radius 2 is 1.70 bits per heavy atom. The molecule has 244 valence electrons. The molecule has 43 heavy (non-hydrogen) atoms. The highest BCUT2D eigenvalue weighted by Gasteiger charge is 2.71. The van der Waals surface area contributed by atoms with Gasteiger partial charge in [-0.25, -0.2) is 0 Å². The van der Waals surface area contributed by atoms with Gasteiger partial charge in [0.15, 0.2) is 6.29 Å². The zero-order valence-electron chi connectivity index (χ0n) is 27.8. The van der Waals surface area contributed by atoms with Gasteiger partial charge in [-0.2, -0.15) is 0 Å². The third kappa shape index (κ3) is 5.13. The van der Waals surface area contributed by atoms with Crippen LogP contribution in [-0.2, 0) is 14.3 Å². The van der Waals surface area contributed by atoms with Crippen molar-refractivity contribution in [1.82, 2.24) is 0 Å². The van der Waals surface area contributed by atoms with Crippen LogP contribution >= 0.6 is 0 Å². The highest BCUT2D eigenvalue weighted by Crippen LogP contribution is 2.74. The van der Waals surface area contributed by atoms with Gasteiger partial charge in [0.1, 0.15) is 30.2 Å². The molecule has 1 saturated heterocycles. The predicted molar refractivity (Wildman–Crippen MR) is 166 cm³/mol. The van der Waals surface area contributed by atoms with Gasteiger partial charge in [-0.05, 0) is 105 Å². The summed E-state index contributed by atoms with van der Waals surface area (Å²) in [6.07, 6.45) is 7.28. The highest BCUT2D eigenvalue weighted by atomic mass is 16.7. The quantitative estimate of drug-likeness (QED) is 0.291. The van der Waals surface area contributed by atoms with Crippen LogP contribution in [0.4, 0.5) is 0 Å². The summed E-state index contributed by atoms with van der Waals surface area (Å²) in [7, 11) is 0. The topological polar surface area (TPSA) is 116 Å². The van der Waals surface area contributed by atoms with Crippen LogP contribution in [0.2, 0.25) is 0 Å². The Balaban J connectivity index is 1.49. The molecule has 0 bridgehead atoms. The third-order valence-corrected chi connectivity index (χ3v) is 13.6. The Kier molecular flexibility index (Phi) is 8.75. The lowest BCUT2D eigenvalue weighted by molar-refractivity contribution is -0.333. The molecule has 0 aromatic heterocycles. The van der Waals surface area contributed by atoms with Crippen molar-refractivity contribution in [1.29, 1.82) is 0 Å². The number of Topliss-reactive ketones (excluding diaryl/α,β-unsaturated/α-hetero) is 1. The smallest absolute Gasteiger partial charge is 0.187 e. The zero-order chi connectivity index (χ0) is 31.8. The van der Waals surface area contributed by atoms with E-state index < -0.39 is 42.9 Å². The molecule has 1 heterocycles. The van der Waals surface area contributed by atoms with Crippen molar-refractivity contribution in [2.24, 2.45) is 45.3 Å². The predicted octanol–water partition coefficient (Wildman–Crippen LogP) is 5.34. The average molecular weight is 603 g/mol. The second-order valence-corrected chi connectivity index (χ2v) is 16.7. The number of allylic oxidation sites excluding steroid dienone is 4. The molecule has 7 nitrogen and oxygen atoms in total. The van der Waals surface area contributed by atoms with Crippen LogP contribution in [-0.4, -0.2) is 69.1 Å². The van der Waals surface area contributed by atoms with E-state index in [4.69, 9.17) is 9.47 Å². The Morgan fingerprint density at radius 1 is 1.02 bits per heavy atom. The summed E-state index contributed by atoms with van der Waals surface area (Å²) in [6, 6.07) is 0. The number of ether oxygens (including phenoxy) is 2. The summed E-state index contributed by atoms with van der Waals surface area (Å²) < 4.78 is 12.6. The van der Waals surface area contributed by atoms with Crippen molar-refractivity contribution in [3.05, 3.63) is 23.8 Å². The number of aliphatic hydroxyl groups excluding tert-OH is 4. The van der Waals surface area contributed by atoms with Gasteiger partial charge in [-0.1, -0.05) is 58.4 Å². The first-order chi connectivity index (χ1) is 19.9. The highest BCUT2D eigenvalue weighted by molar-refractivity contribution is 5.84. The maximum absolute atomic E-state index is 14.6.